The second kappa shape index (κ2) is 3.93. The highest BCUT2D eigenvalue weighted by Crippen LogP contribution is 2.21. The molecule has 0 saturated heterocycles. The van der Waals surface area contributed by atoms with Crippen molar-refractivity contribution in [2.24, 2.45) is 0 Å². The minimum absolute atomic E-state index is 1.13. The Hall–Kier alpha value is -1.31. The summed E-state index contributed by atoms with van der Waals surface area (Å²) >= 11 is 0. The molecule has 84 valence electrons. The number of aryl methyl sites for hydroxylation is 3. The maximum Gasteiger partial charge on any atom is 0.137 e. The average molecular weight is 214 g/mol. The lowest BCUT2D eigenvalue weighted by atomic mass is 10.0. The first-order valence-corrected chi connectivity index (χ1v) is 6.31. The number of hydrogen-bond acceptors (Lipinski definition) is 1. The number of imidazole rings is 1. The second-order valence-corrected chi connectivity index (χ2v) is 4.85. The Morgan fingerprint density at radius 2 is 1.94 bits per heavy atom. The summed E-state index contributed by atoms with van der Waals surface area (Å²) in [4.78, 5) is 4.78. The van der Waals surface area contributed by atoms with E-state index in [-0.39, 0.29) is 0 Å². The fourth-order valence-corrected chi connectivity index (χ4v) is 2.65. The van der Waals surface area contributed by atoms with Gasteiger partial charge in [0.2, 0.25) is 0 Å². The van der Waals surface area contributed by atoms with Gasteiger partial charge in [0, 0.05) is 11.9 Å². The van der Waals surface area contributed by atoms with Crippen molar-refractivity contribution in [2.45, 2.75) is 45.4 Å². The van der Waals surface area contributed by atoms with Crippen LogP contribution in [0.5, 0.6) is 0 Å². The molecule has 16 heavy (non-hydrogen) atoms. The molecule has 1 aliphatic carbocycles. The van der Waals surface area contributed by atoms with Crippen LogP contribution < -0.4 is 0 Å². The lowest BCUT2D eigenvalue weighted by molar-refractivity contribution is 0.605. The van der Waals surface area contributed by atoms with Gasteiger partial charge in [0.05, 0.1) is 5.69 Å². The van der Waals surface area contributed by atoms with Gasteiger partial charge in [-0.3, -0.25) is 0 Å². The van der Waals surface area contributed by atoms with E-state index in [9.17, 15) is 0 Å². The summed E-state index contributed by atoms with van der Waals surface area (Å²) in [7, 11) is 0. The van der Waals surface area contributed by atoms with Crippen LogP contribution in [-0.4, -0.2) is 9.38 Å². The van der Waals surface area contributed by atoms with E-state index in [1.165, 1.54) is 49.1 Å². The maximum absolute atomic E-state index is 4.78. The lowest BCUT2D eigenvalue weighted by Crippen LogP contribution is -2.01. The molecule has 0 N–H and O–H groups in total. The van der Waals surface area contributed by atoms with Crippen LogP contribution >= 0.6 is 0 Å². The third kappa shape index (κ3) is 1.62. The van der Waals surface area contributed by atoms with Crippen LogP contribution in [0.1, 0.15) is 42.6 Å². The Balaban J connectivity index is 2.16. The van der Waals surface area contributed by atoms with Crippen molar-refractivity contribution in [1.29, 1.82) is 0 Å². The van der Waals surface area contributed by atoms with Crippen LogP contribution in [0.15, 0.2) is 18.3 Å². The van der Waals surface area contributed by atoms with Crippen LogP contribution in [0.25, 0.3) is 5.65 Å². The predicted octanol–water partition coefficient (Wildman–Crippen LogP) is 3.30. The third-order valence-corrected chi connectivity index (χ3v) is 3.54. The number of aromatic nitrogens is 2. The van der Waals surface area contributed by atoms with Gasteiger partial charge >= 0.3 is 0 Å². The number of hydrogen-bond donors (Lipinski definition) is 0. The minimum Gasteiger partial charge on any atom is -0.304 e. The number of fused-ring (bicyclic) bond motifs is 3. The molecule has 2 nitrogen and oxygen atoms in total. The van der Waals surface area contributed by atoms with Gasteiger partial charge in [0.15, 0.2) is 0 Å². The van der Waals surface area contributed by atoms with E-state index in [2.05, 4.69) is 29.7 Å². The molecule has 3 rings (SSSR count). The van der Waals surface area contributed by atoms with Gasteiger partial charge in [-0.2, -0.15) is 0 Å². The zero-order chi connectivity index (χ0) is 11.0. The molecule has 0 spiro atoms. The van der Waals surface area contributed by atoms with Crippen molar-refractivity contribution < 1.29 is 0 Å². The van der Waals surface area contributed by atoms with E-state index in [1.54, 1.807) is 0 Å². The Morgan fingerprint density at radius 1 is 1.12 bits per heavy atom. The van der Waals surface area contributed by atoms with Crippen LogP contribution in [0.3, 0.4) is 0 Å². The van der Waals surface area contributed by atoms with Crippen molar-refractivity contribution in [2.75, 3.05) is 0 Å². The summed E-state index contributed by atoms with van der Waals surface area (Å²) in [5, 5.41) is 0. The van der Waals surface area contributed by atoms with E-state index in [4.69, 9.17) is 4.98 Å². The molecule has 2 heteroatoms. The first-order valence-electron chi connectivity index (χ1n) is 6.31. The topological polar surface area (TPSA) is 17.3 Å². The van der Waals surface area contributed by atoms with Crippen LogP contribution in [-0.2, 0) is 12.8 Å². The third-order valence-electron chi connectivity index (χ3n) is 3.54. The minimum atomic E-state index is 1.13. The van der Waals surface area contributed by atoms with E-state index >= 15 is 0 Å². The van der Waals surface area contributed by atoms with E-state index in [0.29, 0.717) is 0 Å². The molecule has 0 atom stereocenters. The van der Waals surface area contributed by atoms with E-state index < -0.39 is 0 Å². The quantitative estimate of drug-likeness (QED) is 0.657. The van der Waals surface area contributed by atoms with Crippen molar-refractivity contribution in [1.82, 2.24) is 9.38 Å². The van der Waals surface area contributed by atoms with Crippen molar-refractivity contribution in [3.63, 3.8) is 0 Å². The van der Waals surface area contributed by atoms with Crippen molar-refractivity contribution >= 4 is 5.65 Å². The number of nitrogens with zero attached hydrogens (tertiary/aromatic N) is 2. The largest absolute Gasteiger partial charge is 0.304 e. The van der Waals surface area contributed by atoms with Gasteiger partial charge in [-0.1, -0.05) is 12.8 Å². The first-order chi connectivity index (χ1) is 7.84. The fourth-order valence-electron chi connectivity index (χ4n) is 2.65. The van der Waals surface area contributed by atoms with Crippen LogP contribution in [0, 0.1) is 6.92 Å². The molecule has 2 aromatic heterocycles. The Bertz CT molecular complexity index is 511. The molecule has 0 unspecified atom stereocenters. The smallest absolute Gasteiger partial charge is 0.137 e. The van der Waals surface area contributed by atoms with Gasteiger partial charge in [0.1, 0.15) is 5.65 Å². The molecule has 2 aromatic rings. The SMILES string of the molecule is Cc1ccn2c3c(nc2c1)CCCCCC3. The summed E-state index contributed by atoms with van der Waals surface area (Å²) in [6.45, 7) is 2.13. The molecule has 0 amide bonds. The number of rotatable bonds is 0. The molecule has 0 aromatic carbocycles. The standard InChI is InChI=1S/C14H18N2/c1-11-8-9-16-13-7-5-3-2-4-6-12(13)15-14(16)10-11/h8-10H,2-7H2,1H3. The van der Waals surface area contributed by atoms with Gasteiger partial charge in [-0.15, -0.1) is 0 Å². The monoisotopic (exact) mass is 214 g/mol. The highest BCUT2D eigenvalue weighted by molar-refractivity contribution is 5.45. The molecule has 0 radical (unpaired) electrons. The summed E-state index contributed by atoms with van der Waals surface area (Å²) < 4.78 is 2.29. The van der Waals surface area contributed by atoms with Crippen molar-refractivity contribution in [3.05, 3.63) is 35.3 Å². The molecule has 0 saturated carbocycles. The van der Waals surface area contributed by atoms with Gasteiger partial charge in [-0.25, -0.2) is 4.98 Å². The Labute approximate surface area is 96.3 Å². The highest BCUT2D eigenvalue weighted by atomic mass is 15.0. The Morgan fingerprint density at radius 3 is 2.81 bits per heavy atom. The lowest BCUT2D eigenvalue weighted by Gasteiger charge is -2.09. The zero-order valence-electron chi connectivity index (χ0n) is 9.87. The van der Waals surface area contributed by atoms with E-state index in [0.717, 1.165) is 12.1 Å². The molecule has 0 bridgehead atoms. The van der Waals surface area contributed by atoms with Crippen LogP contribution in [0.2, 0.25) is 0 Å². The van der Waals surface area contributed by atoms with Gasteiger partial charge in [0.25, 0.3) is 0 Å². The predicted molar refractivity (Wildman–Crippen MR) is 65.8 cm³/mol. The summed E-state index contributed by atoms with van der Waals surface area (Å²) in [5.41, 5.74) is 5.22. The average Bonchev–Trinajstić information content (AvgIpc) is 2.55. The molecular formula is C14H18N2. The Kier molecular flexibility index (Phi) is 2.43. The summed E-state index contributed by atoms with van der Waals surface area (Å²) in [6.07, 6.45) is 9.89. The highest BCUT2D eigenvalue weighted by Gasteiger charge is 2.13. The van der Waals surface area contributed by atoms with Gasteiger partial charge in [-0.05, 0) is 50.3 Å². The van der Waals surface area contributed by atoms with Gasteiger partial charge < -0.3 is 4.40 Å². The molecule has 1 aliphatic rings. The number of pyridine rings is 1. The first kappa shape index (κ1) is 9.88. The second-order valence-electron chi connectivity index (χ2n) is 4.85. The summed E-state index contributed by atoms with van der Waals surface area (Å²) in [5.74, 6) is 0. The summed E-state index contributed by atoms with van der Waals surface area (Å²) in [6, 6.07) is 4.36. The van der Waals surface area contributed by atoms with Crippen LogP contribution in [0.4, 0.5) is 0 Å². The normalized spacial score (nSPS) is 16.8. The fraction of sp³-hybridized carbons (Fsp3) is 0.500. The maximum atomic E-state index is 4.78. The molecule has 2 heterocycles. The molecular weight excluding hydrogens is 196 g/mol. The van der Waals surface area contributed by atoms with E-state index in [1.807, 2.05) is 0 Å². The molecule has 0 fully saturated rings. The molecule has 0 aliphatic heterocycles. The zero-order valence-corrected chi connectivity index (χ0v) is 9.87. The van der Waals surface area contributed by atoms with Crippen molar-refractivity contribution in [3.8, 4) is 0 Å².